The first-order valence-electron chi connectivity index (χ1n) is 24.9. The van der Waals surface area contributed by atoms with Crippen LogP contribution in [0.5, 0.6) is 0 Å². The topological polar surface area (TPSA) is 69.6 Å². The molecule has 1 amide bonds. The van der Waals surface area contributed by atoms with E-state index in [1.165, 1.54) is 231 Å². The molecular weight excluding hydrogens is 663 g/mol. The Bertz CT molecular complexity index is 739. The highest BCUT2D eigenvalue weighted by molar-refractivity contribution is 5.76. The first kappa shape index (κ1) is 53.1. The molecule has 0 aliphatic rings. The molecule has 322 valence electrons. The highest BCUT2D eigenvalue weighted by Gasteiger charge is 2.20. The average Bonchev–Trinajstić information content (AvgIpc) is 3.18. The number of aliphatic hydroxyl groups excluding tert-OH is 2. The van der Waals surface area contributed by atoms with Gasteiger partial charge < -0.3 is 15.5 Å². The van der Waals surface area contributed by atoms with Gasteiger partial charge in [-0.15, -0.1) is 0 Å². The molecule has 0 bridgehead atoms. The maximum atomic E-state index is 12.4. The Morgan fingerprint density at radius 3 is 1.02 bits per heavy atom. The number of nitrogens with one attached hydrogen (secondary N) is 1. The van der Waals surface area contributed by atoms with Crippen LogP contribution in [0.4, 0.5) is 0 Å². The second-order valence-electron chi connectivity index (χ2n) is 17.2. The fraction of sp³-hybridized carbons (Fsp3) is 0.940. The molecule has 0 aromatic heterocycles. The molecule has 0 aromatic rings. The van der Waals surface area contributed by atoms with E-state index in [2.05, 4.69) is 31.3 Å². The Hall–Kier alpha value is -0.870. The van der Waals surface area contributed by atoms with Gasteiger partial charge in [-0.05, 0) is 38.5 Å². The number of hydrogen-bond acceptors (Lipinski definition) is 3. The third kappa shape index (κ3) is 42.3. The van der Waals surface area contributed by atoms with Gasteiger partial charge in [-0.2, -0.15) is 0 Å². The molecule has 0 heterocycles. The Morgan fingerprint density at radius 2 is 0.704 bits per heavy atom. The summed E-state index contributed by atoms with van der Waals surface area (Å²) >= 11 is 0. The molecule has 0 spiro atoms. The molecular formula is C50H99NO3. The van der Waals surface area contributed by atoms with Gasteiger partial charge in [0, 0.05) is 6.42 Å². The van der Waals surface area contributed by atoms with E-state index in [9.17, 15) is 15.0 Å². The van der Waals surface area contributed by atoms with Gasteiger partial charge in [-0.3, -0.25) is 4.79 Å². The van der Waals surface area contributed by atoms with Crippen molar-refractivity contribution in [1.29, 1.82) is 0 Å². The van der Waals surface area contributed by atoms with Gasteiger partial charge in [-0.25, -0.2) is 0 Å². The predicted molar refractivity (Wildman–Crippen MR) is 239 cm³/mol. The summed E-state index contributed by atoms with van der Waals surface area (Å²) in [7, 11) is 0. The lowest BCUT2D eigenvalue weighted by molar-refractivity contribution is -0.123. The molecule has 0 aliphatic carbocycles. The number of aliphatic hydroxyl groups is 2. The highest BCUT2D eigenvalue weighted by atomic mass is 16.3. The summed E-state index contributed by atoms with van der Waals surface area (Å²) < 4.78 is 0. The first-order valence-corrected chi connectivity index (χ1v) is 24.9. The molecule has 0 aliphatic heterocycles. The molecule has 0 saturated carbocycles. The normalized spacial score (nSPS) is 12.9. The SMILES string of the molecule is CCCCCCCCCCCCC/C=C\CCCCCCCCCC(=O)NC(CO)C(O)CCCCCCCCCCCCCCCCCCCCCC. The minimum absolute atomic E-state index is 0.0310. The summed E-state index contributed by atoms with van der Waals surface area (Å²) in [5.41, 5.74) is 0. The molecule has 2 unspecified atom stereocenters. The molecule has 3 N–H and O–H groups in total. The number of carbonyl (C=O) groups excluding carboxylic acids is 1. The van der Waals surface area contributed by atoms with Crippen molar-refractivity contribution in [3.8, 4) is 0 Å². The van der Waals surface area contributed by atoms with Crippen LogP contribution >= 0.6 is 0 Å². The molecule has 2 atom stereocenters. The minimum atomic E-state index is -0.658. The number of unbranched alkanes of at least 4 members (excludes halogenated alkanes) is 37. The average molecular weight is 762 g/mol. The van der Waals surface area contributed by atoms with Crippen LogP contribution < -0.4 is 5.32 Å². The lowest BCUT2D eigenvalue weighted by Crippen LogP contribution is -2.45. The van der Waals surface area contributed by atoms with Crippen LogP contribution in [0, 0.1) is 0 Å². The van der Waals surface area contributed by atoms with E-state index in [0.29, 0.717) is 12.8 Å². The van der Waals surface area contributed by atoms with Crippen molar-refractivity contribution in [2.24, 2.45) is 0 Å². The molecule has 0 saturated heterocycles. The van der Waals surface area contributed by atoms with E-state index in [1.54, 1.807) is 0 Å². The molecule has 54 heavy (non-hydrogen) atoms. The smallest absolute Gasteiger partial charge is 0.220 e. The van der Waals surface area contributed by atoms with Gasteiger partial charge in [-0.1, -0.05) is 251 Å². The van der Waals surface area contributed by atoms with E-state index in [0.717, 1.165) is 25.7 Å². The number of carbonyl (C=O) groups is 1. The lowest BCUT2D eigenvalue weighted by Gasteiger charge is -2.22. The summed E-state index contributed by atoms with van der Waals surface area (Å²) in [6, 6.07) is -0.536. The monoisotopic (exact) mass is 762 g/mol. The summed E-state index contributed by atoms with van der Waals surface area (Å²) in [4.78, 5) is 12.4. The molecule has 0 aromatic carbocycles. The zero-order chi connectivity index (χ0) is 39.3. The van der Waals surface area contributed by atoms with Crippen molar-refractivity contribution >= 4 is 5.91 Å². The van der Waals surface area contributed by atoms with Crippen molar-refractivity contribution in [2.45, 2.75) is 296 Å². The van der Waals surface area contributed by atoms with Gasteiger partial charge in [0.25, 0.3) is 0 Å². The van der Waals surface area contributed by atoms with Gasteiger partial charge in [0.15, 0.2) is 0 Å². The summed E-state index contributed by atoms with van der Waals surface area (Å²) in [6.07, 6.45) is 58.8. The quantitative estimate of drug-likeness (QED) is 0.0427. The Morgan fingerprint density at radius 1 is 0.426 bits per heavy atom. The van der Waals surface area contributed by atoms with E-state index in [1.807, 2.05) is 0 Å². The molecule has 0 fully saturated rings. The van der Waals surface area contributed by atoms with Crippen molar-refractivity contribution in [1.82, 2.24) is 5.32 Å². The third-order valence-electron chi connectivity index (χ3n) is 11.8. The van der Waals surface area contributed by atoms with Crippen molar-refractivity contribution in [3.05, 3.63) is 12.2 Å². The highest BCUT2D eigenvalue weighted by Crippen LogP contribution is 2.17. The second kappa shape index (κ2) is 46.5. The van der Waals surface area contributed by atoms with Crippen LogP contribution in [0.25, 0.3) is 0 Å². The summed E-state index contributed by atoms with van der Waals surface area (Å²) in [5, 5.41) is 23.3. The van der Waals surface area contributed by atoms with E-state index >= 15 is 0 Å². The third-order valence-corrected chi connectivity index (χ3v) is 11.8. The predicted octanol–water partition coefficient (Wildman–Crippen LogP) is 15.8. The summed E-state index contributed by atoms with van der Waals surface area (Å²) in [6.45, 7) is 4.39. The Balaban J connectivity index is 3.47. The molecule has 4 nitrogen and oxygen atoms in total. The maximum absolute atomic E-state index is 12.4. The van der Waals surface area contributed by atoms with E-state index < -0.39 is 12.1 Å². The van der Waals surface area contributed by atoms with Crippen molar-refractivity contribution in [2.75, 3.05) is 6.61 Å². The number of hydrogen-bond donors (Lipinski definition) is 3. The maximum Gasteiger partial charge on any atom is 0.220 e. The van der Waals surface area contributed by atoms with Crippen LogP contribution in [-0.2, 0) is 4.79 Å². The van der Waals surface area contributed by atoms with Gasteiger partial charge in [0.1, 0.15) is 0 Å². The summed E-state index contributed by atoms with van der Waals surface area (Å²) in [5.74, 6) is -0.0310. The van der Waals surface area contributed by atoms with Crippen molar-refractivity contribution < 1.29 is 15.0 Å². The van der Waals surface area contributed by atoms with Crippen LogP contribution in [0.3, 0.4) is 0 Å². The van der Waals surface area contributed by atoms with Gasteiger partial charge in [0.2, 0.25) is 5.91 Å². The largest absolute Gasteiger partial charge is 0.394 e. The molecule has 4 heteroatoms. The van der Waals surface area contributed by atoms with Crippen LogP contribution in [0.2, 0.25) is 0 Å². The first-order chi connectivity index (χ1) is 26.7. The Labute approximate surface area is 339 Å². The van der Waals surface area contributed by atoms with E-state index in [-0.39, 0.29) is 12.5 Å². The van der Waals surface area contributed by atoms with Crippen LogP contribution in [0.1, 0.15) is 284 Å². The molecule has 0 rings (SSSR count). The Kier molecular flexibility index (Phi) is 45.8. The second-order valence-corrected chi connectivity index (χ2v) is 17.2. The van der Waals surface area contributed by atoms with Crippen LogP contribution in [-0.4, -0.2) is 34.9 Å². The standard InChI is InChI=1S/C50H99NO3/c1-3-5-7-9-11-13-15-17-19-21-23-25-26-28-30-32-34-36-38-40-42-44-46-50(54)51-48(47-52)49(53)45-43-41-39-37-35-33-31-29-27-24-22-20-18-16-14-12-10-8-6-4-2/h26,28,48-49,52-53H,3-25,27,29-47H2,1-2H3,(H,51,54)/b28-26-. The van der Waals surface area contributed by atoms with Crippen molar-refractivity contribution in [3.63, 3.8) is 0 Å². The van der Waals surface area contributed by atoms with Gasteiger partial charge >= 0.3 is 0 Å². The number of rotatable bonds is 46. The molecule has 0 radical (unpaired) electrons. The van der Waals surface area contributed by atoms with Crippen LogP contribution in [0.15, 0.2) is 12.2 Å². The fourth-order valence-electron chi connectivity index (χ4n) is 7.95. The van der Waals surface area contributed by atoms with Gasteiger partial charge in [0.05, 0.1) is 18.8 Å². The van der Waals surface area contributed by atoms with E-state index in [4.69, 9.17) is 0 Å². The fourth-order valence-corrected chi connectivity index (χ4v) is 7.95. The minimum Gasteiger partial charge on any atom is -0.394 e. The lowest BCUT2D eigenvalue weighted by atomic mass is 10.0. The zero-order valence-corrected chi connectivity index (χ0v) is 37.0. The number of amides is 1. The zero-order valence-electron chi connectivity index (χ0n) is 37.0. The number of allylic oxidation sites excluding steroid dienone is 2.